The third kappa shape index (κ3) is 1.22. The maximum atomic E-state index is 10.5. The number of nitrogen functional groups attached to an aromatic ring is 1. The van der Waals surface area contributed by atoms with Crippen molar-refractivity contribution in [1.82, 2.24) is 10.2 Å². The number of non-ortho nitro benzene ring substituents is 1. The topological polar surface area (TPSA) is 94.9 Å². The van der Waals surface area contributed by atoms with Crippen LogP contribution in [0.15, 0.2) is 24.4 Å². The van der Waals surface area contributed by atoms with Crippen LogP contribution in [-0.2, 0) is 0 Å². The molecular formula is C8H6N4O2. The largest absolute Gasteiger partial charge is 0.397 e. The number of benzene rings is 1. The van der Waals surface area contributed by atoms with E-state index in [0.717, 1.165) is 0 Å². The SMILES string of the molecule is Nc1cnnc2cc([N+](=O)[O-])ccc12. The van der Waals surface area contributed by atoms with E-state index in [9.17, 15) is 10.1 Å². The Labute approximate surface area is 78.5 Å². The molecular weight excluding hydrogens is 184 g/mol. The van der Waals surface area contributed by atoms with Crippen LogP contribution in [0, 0.1) is 10.1 Å². The van der Waals surface area contributed by atoms with Crippen LogP contribution >= 0.6 is 0 Å². The van der Waals surface area contributed by atoms with Crippen molar-refractivity contribution >= 4 is 22.3 Å². The quantitative estimate of drug-likeness (QED) is 0.537. The minimum atomic E-state index is -0.482. The zero-order chi connectivity index (χ0) is 10.1. The van der Waals surface area contributed by atoms with Gasteiger partial charge in [-0.15, -0.1) is 0 Å². The van der Waals surface area contributed by atoms with Crippen molar-refractivity contribution in [3.8, 4) is 0 Å². The third-order valence-corrected chi connectivity index (χ3v) is 1.87. The highest BCUT2D eigenvalue weighted by atomic mass is 16.6. The molecule has 0 fully saturated rings. The van der Waals surface area contributed by atoms with Crippen molar-refractivity contribution in [2.45, 2.75) is 0 Å². The van der Waals surface area contributed by atoms with E-state index in [2.05, 4.69) is 10.2 Å². The highest BCUT2D eigenvalue weighted by Gasteiger charge is 2.08. The maximum Gasteiger partial charge on any atom is 0.271 e. The fraction of sp³-hybridized carbons (Fsp3) is 0. The zero-order valence-corrected chi connectivity index (χ0v) is 7.04. The Bertz CT molecular complexity index is 512. The van der Waals surface area contributed by atoms with E-state index < -0.39 is 4.92 Å². The fourth-order valence-electron chi connectivity index (χ4n) is 1.18. The number of hydrogen-bond donors (Lipinski definition) is 1. The summed E-state index contributed by atoms with van der Waals surface area (Å²) in [6, 6.07) is 4.30. The molecule has 0 aliphatic heterocycles. The molecule has 6 heteroatoms. The molecule has 0 amide bonds. The van der Waals surface area contributed by atoms with E-state index in [-0.39, 0.29) is 5.69 Å². The average molecular weight is 190 g/mol. The normalized spacial score (nSPS) is 10.3. The first-order chi connectivity index (χ1) is 6.68. The molecule has 0 aliphatic carbocycles. The average Bonchev–Trinajstić information content (AvgIpc) is 2.17. The monoisotopic (exact) mass is 190 g/mol. The van der Waals surface area contributed by atoms with Gasteiger partial charge in [0.1, 0.15) is 5.52 Å². The highest BCUT2D eigenvalue weighted by Crippen LogP contribution is 2.22. The van der Waals surface area contributed by atoms with Crippen LogP contribution in [0.4, 0.5) is 11.4 Å². The van der Waals surface area contributed by atoms with Crippen molar-refractivity contribution in [2.75, 3.05) is 5.73 Å². The van der Waals surface area contributed by atoms with E-state index in [1.807, 2.05) is 0 Å². The van der Waals surface area contributed by atoms with Gasteiger partial charge in [0.25, 0.3) is 5.69 Å². The number of anilines is 1. The second kappa shape index (κ2) is 2.91. The summed E-state index contributed by atoms with van der Waals surface area (Å²) in [4.78, 5) is 9.97. The Morgan fingerprint density at radius 1 is 1.43 bits per heavy atom. The van der Waals surface area contributed by atoms with E-state index in [0.29, 0.717) is 16.6 Å². The van der Waals surface area contributed by atoms with Crippen molar-refractivity contribution in [2.24, 2.45) is 0 Å². The molecule has 70 valence electrons. The molecule has 0 spiro atoms. The van der Waals surface area contributed by atoms with Crippen LogP contribution < -0.4 is 5.73 Å². The Morgan fingerprint density at radius 2 is 2.21 bits per heavy atom. The summed E-state index contributed by atoms with van der Waals surface area (Å²) in [5.74, 6) is 0. The van der Waals surface area contributed by atoms with Gasteiger partial charge in [-0.1, -0.05) is 0 Å². The molecule has 2 N–H and O–H groups in total. The summed E-state index contributed by atoms with van der Waals surface area (Å²) in [6.07, 6.45) is 1.41. The van der Waals surface area contributed by atoms with E-state index in [1.165, 1.54) is 18.3 Å². The molecule has 2 aromatic rings. The summed E-state index contributed by atoms with van der Waals surface area (Å²) in [5, 5.41) is 18.5. The molecule has 0 unspecified atom stereocenters. The lowest BCUT2D eigenvalue weighted by atomic mass is 10.2. The molecule has 6 nitrogen and oxygen atoms in total. The number of aromatic nitrogens is 2. The zero-order valence-electron chi connectivity index (χ0n) is 7.04. The molecule has 2 rings (SSSR count). The molecule has 1 aromatic heterocycles. The number of nitro groups is 1. The lowest BCUT2D eigenvalue weighted by Gasteiger charge is -1.98. The van der Waals surface area contributed by atoms with Crippen LogP contribution in [0.3, 0.4) is 0 Å². The second-order valence-corrected chi connectivity index (χ2v) is 2.76. The first-order valence-corrected chi connectivity index (χ1v) is 3.84. The molecule has 1 aromatic carbocycles. The third-order valence-electron chi connectivity index (χ3n) is 1.87. The Morgan fingerprint density at radius 3 is 2.93 bits per heavy atom. The molecule has 0 radical (unpaired) electrons. The summed E-state index contributed by atoms with van der Waals surface area (Å²) < 4.78 is 0. The standard InChI is InChI=1S/C8H6N4O2/c9-7-4-10-11-8-3-5(12(13)14)1-2-6(7)8/h1-4H,(H2,9,11). The number of nitrogens with zero attached hydrogens (tertiary/aromatic N) is 3. The highest BCUT2D eigenvalue weighted by molar-refractivity contribution is 5.90. The van der Waals surface area contributed by atoms with Gasteiger partial charge in [0.15, 0.2) is 0 Å². The lowest BCUT2D eigenvalue weighted by molar-refractivity contribution is -0.384. The molecule has 0 aliphatic rings. The Balaban J connectivity index is 2.73. The summed E-state index contributed by atoms with van der Waals surface area (Å²) >= 11 is 0. The van der Waals surface area contributed by atoms with Gasteiger partial charge in [0.2, 0.25) is 0 Å². The van der Waals surface area contributed by atoms with Crippen molar-refractivity contribution in [1.29, 1.82) is 0 Å². The number of hydrogen-bond acceptors (Lipinski definition) is 5. The minimum Gasteiger partial charge on any atom is -0.397 e. The first kappa shape index (κ1) is 8.36. The Hall–Kier alpha value is -2.24. The molecule has 1 heterocycles. The molecule has 0 saturated heterocycles. The number of nitro benzene ring substituents is 1. The van der Waals surface area contributed by atoms with Gasteiger partial charge < -0.3 is 5.73 Å². The van der Waals surface area contributed by atoms with Crippen LogP contribution in [0.25, 0.3) is 10.9 Å². The number of rotatable bonds is 1. The van der Waals surface area contributed by atoms with Gasteiger partial charge in [-0.05, 0) is 6.07 Å². The van der Waals surface area contributed by atoms with E-state index in [1.54, 1.807) is 6.07 Å². The van der Waals surface area contributed by atoms with Gasteiger partial charge >= 0.3 is 0 Å². The van der Waals surface area contributed by atoms with E-state index in [4.69, 9.17) is 5.73 Å². The fourth-order valence-corrected chi connectivity index (χ4v) is 1.18. The minimum absolute atomic E-state index is 0.0163. The predicted octanol–water partition coefficient (Wildman–Crippen LogP) is 1.12. The van der Waals surface area contributed by atoms with Gasteiger partial charge in [0.05, 0.1) is 16.8 Å². The number of nitrogens with two attached hydrogens (primary N) is 1. The maximum absolute atomic E-state index is 10.5. The second-order valence-electron chi connectivity index (χ2n) is 2.76. The predicted molar refractivity (Wildman–Crippen MR) is 50.6 cm³/mol. The van der Waals surface area contributed by atoms with Crippen molar-refractivity contribution < 1.29 is 4.92 Å². The van der Waals surface area contributed by atoms with Crippen LogP contribution in [0.1, 0.15) is 0 Å². The van der Waals surface area contributed by atoms with Crippen molar-refractivity contribution in [3.05, 3.63) is 34.5 Å². The Kier molecular flexibility index (Phi) is 1.74. The lowest BCUT2D eigenvalue weighted by Crippen LogP contribution is -1.93. The van der Waals surface area contributed by atoms with E-state index >= 15 is 0 Å². The first-order valence-electron chi connectivity index (χ1n) is 3.84. The van der Waals surface area contributed by atoms with Crippen molar-refractivity contribution in [3.63, 3.8) is 0 Å². The smallest absolute Gasteiger partial charge is 0.271 e. The molecule has 0 atom stereocenters. The van der Waals surface area contributed by atoms with Gasteiger partial charge in [0, 0.05) is 17.5 Å². The summed E-state index contributed by atoms with van der Waals surface area (Å²) in [6.45, 7) is 0. The summed E-state index contributed by atoms with van der Waals surface area (Å²) in [7, 11) is 0. The molecule has 14 heavy (non-hydrogen) atoms. The van der Waals surface area contributed by atoms with Gasteiger partial charge in [-0.2, -0.15) is 10.2 Å². The molecule has 0 saturated carbocycles. The van der Waals surface area contributed by atoms with Crippen LogP contribution in [-0.4, -0.2) is 15.1 Å². The number of fused-ring (bicyclic) bond motifs is 1. The van der Waals surface area contributed by atoms with Crippen LogP contribution in [0.5, 0.6) is 0 Å². The van der Waals surface area contributed by atoms with Crippen LogP contribution in [0.2, 0.25) is 0 Å². The van der Waals surface area contributed by atoms with Gasteiger partial charge in [-0.25, -0.2) is 0 Å². The molecule has 0 bridgehead atoms. The summed E-state index contributed by atoms with van der Waals surface area (Å²) in [5.41, 5.74) is 6.49. The van der Waals surface area contributed by atoms with Gasteiger partial charge in [-0.3, -0.25) is 10.1 Å².